The molecule has 0 saturated carbocycles. The molecule has 0 bridgehead atoms. The summed E-state index contributed by atoms with van der Waals surface area (Å²) < 4.78 is 5.79. The predicted octanol–water partition coefficient (Wildman–Crippen LogP) is 10.6. The van der Waals surface area contributed by atoms with Gasteiger partial charge in [0.1, 0.15) is 0 Å². The number of hydrogen-bond donors (Lipinski definition) is 0. The van der Waals surface area contributed by atoms with E-state index in [9.17, 15) is 4.79 Å². The van der Waals surface area contributed by atoms with Gasteiger partial charge in [0, 0.05) is 0 Å². The first-order valence-electron chi connectivity index (χ1n) is 14.8. The lowest BCUT2D eigenvalue weighted by molar-refractivity contribution is -0.156. The molecular weight excluding hydrogens is 392 g/mol. The Labute approximate surface area is 203 Å². The molecule has 1 unspecified atom stereocenters. The molecule has 0 N–H and O–H groups in total. The van der Waals surface area contributed by atoms with E-state index in [0.717, 1.165) is 25.7 Å². The summed E-state index contributed by atoms with van der Waals surface area (Å²) in [5.74, 6) is 0.0764. The van der Waals surface area contributed by atoms with Crippen LogP contribution in [0.2, 0.25) is 0 Å². The van der Waals surface area contributed by atoms with Gasteiger partial charge in [-0.25, -0.2) is 0 Å². The Morgan fingerprint density at radius 1 is 0.500 bits per heavy atom. The summed E-state index contributed by atoms with van der Waals surface area (Å²) in [7, 11) is 0. The molecule has 0 rings (SSSR count). The molecule has 0 aromatic rings. The van der Waals surface area contributed by atoms with Gasteiger partial charge >= 0.3 is 5.97 Å². The Hall–Kier alpha value is -0.530. The van der Waals surface area contributed by atoms with Gasteiger partial charge in [-0.15, -0.1) is 0 Å². The summed E-state index contributed by atoms with van der Waals surface area (Å²) in [6.45, 7) is 9.58. The highest BCUT2D eigenvalue weighted by Crippen LogP contribution is 2.33. The average molecular weight is 453 g/mol. The monoisotopic (exact) mass is 452 g/mol. The van der Waals surface area contributed by atoms with Crippen molar-refractivity contribution in [2.45, 2.75) is 175 Å². The molecule has 32 heavy (non-hydrogen) atoms. The fraction of sp³-hybridized carbons (Fsp3) is 0.967. The van der Waals surface area contributed by atoms with E-state index in [1.54, 1.807) is 0 Å². The first kappa shape index (κ1) is 31.5. The second kappa shape index (κ2) is 23.6. The van der Waals surface area contributed by atoms with Crippen molar-refractivity contribution in [2.24, 2.45) is 5.41 Å². The fourth-order valence-electron chi connectivity index (χ4n) is 4.67. The van der Waals surface area contributed by atoms with Gasteiger partial charge in [0.15, 0.2) is 0 Å². The van der Waals surface area contributed by atoms with Crippen molar-refractivity contribution in [3.63, 3.8) is 0 Å². The van der Waals surface area contributed by atoms with Crippen molar-refractivity contribution >= 4 is 5.97 Å². The summed E-state index contributed by atoms with van der Waals surface area (Å²) in [5.41, 5.74) is -0.268. The molecule has 2 nitrogen and oxygen atoms in total. The van der Waals surface area contributed by atoms with Gasteiger partial charge in [0.05, 0.1) is 12.0 Å². The SMILES string of the molecule is CCCCCCCCCCCCOC(=O)C(C)(CCCCC)CCCCCCCCCC. The fourth-order valence-corrected chi connectivity index (χ4v) is 4.67. The Morgan fingerprint density at radius 2 is 0.812 bits per heavy atom. The second-order valence-corrected chi connectivity index (χ2v) is 10.6. The van der Waals surface area contributed by atoms with Crippen LogP contribution in [0, 0.1) is 5.41 Å². The van der Waals surface area contributed by atoms with Crippen molar-refractivity contribution in [1.29, 1.82) is 0 Å². The number of carbonyl (C=O) groups is 1. The maximum absolute atomic E-state index is 12.9. The van der Waals surface area contributed by atoms with E-state index < -0.39 is 0 Å². The van der Waals surface area contributed by atoms with Crippen molar-refractivity contribution in [3.05, 3.63) is 0 Å². The minimum Gasteiger partial charge on any atom is -0.465 e. The average Bonchev–Trinajstić information content (AvgIpc) is 2.79. The van der Waals surface area contributed by atoms with Gasteiger partial charge in [0.2, 0.25) is 0 Å². The third-order valence-electron chi connectivity index (χ3n) is 7.14. The zero-order valence-corrected chi connectivity index (χ0v) is 22.8. The van der Waals surface area contributed by atoms with Crippen molar-refractivity contribution < 1.29 is 9.53 Å². The Bertz CT molecular complexity index is 392. The standard InChI is InChI=1S/C30H60O2/c1-5-8-11-13-15-17-18-20-22-25-28-32-29(31)30(4,26-23-10-7-3)27-24-21-19-16-14-12-9-6-2/h5-28H2,1-4H3. The maximum atomic E-state index is 12.9. The van der Waals surface area contributed by atoms with Gasteiger partial charge in [0.25, 0.3) is 0 Å². The number of carbonyl (C=O) groups excluding carboxylic acids is 1. The van der Waals surface area contributed by atoms with Crippen LogP contribution in [0.4, 0.5) is 0 Å². The zero-order valence-electron chi connectivity index (χ0n) is 22.8. The van der Waals surface area contributed by atoms with Crippen molar-refractivity contribution in [3.8, 4) is 0 Å². The van der Waals surface area contributed by atoms with E-state index in [1.165, 1.54) is 122 Å². The van der Waals surface area contributed by atoms with Crippen LogP contribution in [0.15, 0.2) is 0 Å². The van der Waals surface area contributed by atoms with Crippen molar-refractivity contribution in [1.82, 2.24) is 0 Å². The Balaban J connectivity index is 3.99. The van der Waals surface area contributed by atoms with Crippen LogP contribution >= 0.6 is 0 Å². The molecule has 2 heteroatoms. The first-order chi connectivity index (χ1) is 15.6. The zero-order chi connectivity index (χ0) is 23.8. The van der Waals surface area contributed by atoms with E-state index in [2.05, 4.69) is 27.7 Å². The lowest BCUT2D eigenvalue weighted by Gasteiger charge is -2.27. The molecule has 1 atom stereocenters. The molecule has 0 saturated heterocycles. The van der Waals surface area contributed by atoms with E-state index in [4.69, 9.17) is 4.74 Å². The lowest BCUT2D eigenvalue weighted by atomic mass is 9.79. The smallest absolute Gasteiger partial charge is 0.311 e. The molecule has 0 aromatic heterocycles. The van der Waals surface area contributed by atoms with Crippen LogP contribution in [0.25, 0.3) is 0 Å². The molecule has 0 aromatic carbocycles. The van der Waals surface area contributed by atoms with Gasteiger partial charge in [-0.1, -0.05) is 149 Å². The largest absolute Gasteiger partial charge is 0.465 e. The van der Waals surface area contributed by atoms with Gasteiger partial charge < -0.3 is 4.74 Å². The number of hydrogen-bond acceptors (Lipinski definition) is 2. The summed E-state index contributed by atoms with van der Waals surface area (Å²) >= 11 is 0. The predicted molar refractivity (Wildman–Crippen MR) is 142 cm³/mol. The third kappa shape index (κ3) is 19.0. The summed E-state index contributed by atoms with van der Waals surface area (Å²) in [5, 5.41) is 0. The molecule has 0 aliphatic heterocycles. The minimum absolute atomic E-state index is 0.0764. The van der Waals surface area contributed by atoms with E-state index >= 15 is 0 Å². The van der Waals surface area contributed by atoms with E-state index in [0.29, 0.717) is 6.61 Å². The highest BCUT2D eigenvalue weighted by atomic mass is 16.5. The molecule has 0 amide bonds. The van der Waals surface area contributed by atoms with Crippen molar-refractivity contribution in [2.75, 3.05) is 6.61 Å². The quantitative estimate of drug-likeness (QED) is 0.102. The molecule has 0 spiro atoms. The maximum Gasteiger partial charge on any atom is 0.311 e. The highest BCUT2D eigenvalue weighted by molar-refractivity contribution is 5.76. The first-order valence-corrected chi connectivity index (χ1v) is 14.8. The van der Waals surface area contributed by atoms with Crippen LogP contribution in [0.3, 0.4) is 0 Å². The normalized spacial score (nSPS) is 13.2. The molecule has 192 valence electrons. The number of ether oxygens (including phenoxy) is 1. The topological polar surface area (TPSA) is 26.3 Å². The molecule has 0 radical (unpaired) electrons. The molecule has 0 heterocycles. The van der Waals surface area contributed by atoms with Crippen LogP contribution in [0.5, 0.6) is 0 Å². The molecule has 0 aliphatic rings. The summed E-state index contributed by atoms with van der Waals surface area (Å²) in [6, 6.07) is 0. The van der Waals surface area contributed by atoms with E-state index in [1.807, 2.05) is 0 Å². The van der Waals surface area contributed by atoms with Crippen LogP contribution in [-0.2, 0) is 9.53 Å². The second-order valence-electron chi connectivity index (χ2n) is 10.6. The van der Waals surface area contributed by atoms with Crippen LogP contribution < -0.4 is 0 Å². The lowest BCUT2D eigenvalue weighted by Crippen LogP contribution is -2.30. The molecular formula is C30H60O2. The Kier molecular flexibility index (Phi) is 23.2. The van der Waals surface area contributed by atoms with Crippen LogP contribution in [0.1, 0.15) is 175 Å². The third-order valence-corrected chi connectivity index (χ3v) is 7.14. The minimum atomic E-state index is -0.268. The number of rotatable bonds is 25. The molecule has 0 aliphatic carbocycles. The number of esters is 1. The van der Waals surface area contributed by atoms with Gasteiger partial charge in [-0.3, -0.25) is 4.79 Å². The highest BCUT2D eigenvalue weighted by Gasteiger charge is 2.33. The van der Waals surface area contributed by atoms with Gasteiger partial charge in [-0.2, -0.15) is 0 Å². The summed E-state index contributed by atoms with van der Waals surface area (Å²) in [4.78, 5) is 12.9. The number of unbranched alkanes of at least 4 members (excludes halogenated alkanes) is 18. The molecule has 0 fully saturated rings. The van der Waals surface area contributed by atoms with Gasteiger partial charge in [-0.05, 0) is 26.2 Å². The van der Waals surface area contributed by atoms with Crippen LogP contribution in [-0.4, -0.2) is 12.6 Å². The Morgan fingerprint density at radius 3 is 1.25 bits per heavy atom. The van der Waals surface area contributed by atoms with E-state index in [-0.39, 0.29) is 11.4 Å². The summed E-state index contributed by atoms with van der Waals surface area (Å²) in [6.07, 6.45) is 29.3.